The molecule has 0 radical (unpaired) electrons. The van der Waals surface area contributed by atoms with Crippen molar-refractivity contribution in [2.24, 2.45) is 0 Å². The molecule has 0 aliphatic carbocycles. The SMILES string of the molecule is CC(C)N1CCOC(CC(C)N2CCOC[C@@H]2C(F)(F)F)[C@H]1C(F)(F)F. The van der Waals surface area contributed by atoms with Gasteiger partial charge in [-0.2, -0.15) is 26.3 Å². The summed E-state index contributed by atoms with van der Waals surface area (Å²) in [5.74, 6) is 0. The van der Waals surface area contributed by atoms with Crippen molar-refractivity contribution in [3.63, 3.8) is 0 Å². The molecule has 0 N–H and O–H groups in total. The van der Waals surface area contributed by atoms with Crippen LogP contribution in [-0.2, 0) is 9.47 Å². The summed E-state index contributed by atoms with van der Waals surface area (Å²) in [6.07, 6.45) is -10.3. The zero-order valence-electron chi connectivity index (χ0n) is 15.1. The fourth-order valence-electron chi connectivity index (χ4n) is 3.83. The maximum atomic E-state index is 13.6. The molecule has 4 nitrogen and oxygen atoms in total. The zero-order chi connectivity index (χ0) is 19.7. The first kappa shape index (κ1) is 21.7. The van der Waals surface area contributed by atoms with E-state index < -0.39 is 43.2 Å². The third kappa shape index (κ3) is 5.02. The fraction of sp³-hybridized carbons (Fsp3) is 1.00. The van der Waals surface area contributed by atoms with Gasteiger partial charge >= 0.3 is 12.4 Å². The van der Waals surface area contributed by atoms with Crippen molar-refractivity contribution in [3.05, 3.63) is 0 Å². The topological polar surface area (TPSA) is 24.9 Å². The molecule has 2 aliphatic heterocycles. The van der Waals surface area contributed by atoms with E-state index in [1.165, 1.54) is 16.7 Å². The van der Waals surface area contributed by atoms with Crippen molar-refractivity contribution in [2.45, 2.75) is 69.8 Å². The van der Waals surface area contributed by atoms with Crippen LogP contribution in [-0.4, -0.2) is 85.3 Å². The third-order valence-electron chi connectivity index (χ3n) is 5.08. The number of morpholine rings is 2. The predicted octanol–water partition coefficient (Wildman–Crippen LogP) is 3.07. The average molecular weight is 392 g/mol. The summed E-state index contributed by atoms with van der Waals surface area (Å²) in [7, 11) is 0. The summed E-state index contributed by atoms with van der Waals surface area (Å²) in [5.41, 5.74) is 0. The van der Waals surface area contributed by atoms with Crippen LogP contribution in [0.5, 0.6) is 0 Å². The van der Waals surface area contributed by atoms with E-state index >= 15 is 0 Å². The third-order valence-corrected chi connectivity index (χ3v) is 5.08. The van der Waals surface area contributed by atoms with Crippen molar-refractivity contribution in [2.75, 3.05) is 32.9 Å². The molecule has 0 aromatic rings. The maximum absolute atomic E-state index is 13.6. The summed E-state index contributed by atoms with van der Waals surface area (Å²) in [4.78, 5) is 2.51. The number of ether oxygens (including phenoxy) is 2. The largest absolute Gasteiger partial charge is 0.406 e. The maximum Gasteiger partial charge on any atom is 0.406 e. The standard InChI is InChI=1S/C16H26F6N2O2/c1-10(2)23-5-7-26-12(14(23)16(20,21)22)8-11(3)24-4-6-25-9-13(24)15(17,18)19/h10-14H,4-9H2,1-3H3/t11?,12?,13-,14+/m1/s1. The lowest BCUT2D eigenvalue weighted by molar-refractivity contribution is -0.246. The zero-order valence-corrected chi connectivity index (χ0v) is 15.1. The van der Waals surface area contributed by atoms with Crippen LogP contribution in [0.4, 0.5) is 26.3 Å². The molecule has 10 heteroatoms. The monoisotopic (exact) mass is 392 g/mol. The molecule has 2 aliphatic rings. The first-order valence-electron chi connectivity index (χ1n) is 8.77. The van der Waals surface area contributed by atoms with Crippen molar-refractivity contribution in [1.29, 1.82) is 0 Å². The Bertz CT molecular complexity index is 457. The molecule has 0 aromatic carbocycles. The van der Waals surface area contributed by atoms with Crippen LogP contribution in [0.25, 0.3) is 0 Å². The molecule has 0 spiro atoms. The van der Waals surface area contributed by atoms with Gasteiger partial charge in [-0.25, -0.2) is 0 Å². The van der Waals surface area contributed by atoms with Crippen molar-refractivity contribution in [1.82, 2.24) is 9.80 Å². The van der Waals surface area contributed by atoms with Crippen molar-refractivity contribution in [3.8, 4) is 0 Å². The van der Waals surface area contributed by atoms with Crippen LogP contribution in [0.2, 0.25) is 0 Å². The minimum Gasteiger partial charge on any atom is -0.378 e. The molecular weight excluding hydrogens is 366 g/mol. The highest BCUT2D eigenvalue weighted by molar-refractivity contribution is 4.94. The van der Waals surface area contributed by atoms with Gasteiger partial charge < -0.3 is 9.47 Å². The Morgan fingerprint density at radius 3 is 2.08 bits per heavy atom. The molecule has 2 rings (SSSR count). The van der Waals surface area contributed by atoms with Gasteiger partial charge in [-0.1, -0.05) is 0 Å². The minimum atomic E-state index is -4.51. The molecule has 154 valence electrons. The van der Waals surface area contributed by atoms with E-state index in [1.807, 2.05) is 0 Å². The number of hydrogen-bond donors (Lipinski definition) is 0. The number of nitrogens with zero attached hydrogens (tertiary/aromatic N) is 2. The van der Waals surface area contributed by atoms with Gasteiger partial charge in [0, 0.05) is 25.2 Å². The lowest BCUT2D eigenvalue weighted by Crippen LogP contribution is -2.62. The van der Waals surface area contributed by atoms with E-state index in [2.05, 4.69) is 0 Å². The van der Waals surface area contributed by atoms with Crippen LogP contribution in [0.1, 0.15) is 27.2 Å². The van der Waals surface area contributed by atoms with E-state index in [0.29, 0.717) is 0 Å². The van der Waals surface area contributed by atoms with E-state index in [4.69, 9.17) is 9.47 Å². The number of hydrogen-bond acceptors (Lipinski definition) is 4. The normalized spacial score (nSPS) is 31.4. The molecule has 4 atom stereocenters. The number of rotatable bonds is 4. The lowest BCUT2D eigenvalue weighted by Gasteiger charge is -2.46. The highest BCUT2D eigenvalue weighted by Gasteiger charge is 2.53. The van der Waals surface area contributed by atoms with Gasteiger partial charge in [0.1, 0.15) is 12.1 Å². The molecule has 2 unspecified atom stereocenters. The van der Waals surface area contributed by atoms with Crippen LogP contribution >= 0.6 is 0 Å². The minimum absolute atomic E-state index is 0.0304. The Morgan fingerprint density at radius 1 is 0.923 bits per heavy atom. The molecule has 2 saturated heterocycles. The Balaban J connectivity index is 2.15. The number of halogens is 6. The summed E-state index contributed by atoms with van der Waals surface area (Å²) in [5, 5.41) is 0. The number of alkyl halides is 6. The van der Waals surface area contributed by atoms with Gasteiger partial charge in [-0.05, 0) is 27.2 Å². The first-order chi connectivity index (χ1) is 11.9. The van der Waals surface area contributed by atoms with Gasteiger partial charge in [-0.15, -0.1) is 0 Å². The Hall–Kier alpha value is -0.580. The summed E-state index contributed by atoms with van der Waals surface area (Å²) in [6.45, 7) is 4.81. The van der Waals surface area contributed by atoms with Crippen LogP contribution in [0, 0.1) is 0 Å². The molecule has 0 aromatic heterocycles. The Morgan fingerprint density at radius 2 is 1.54 bits per heavy atom. The quantitative estimate of drug-likeness (QED) is 0.687. The second kappa shape index (κ2) is 8.20. The highest BCUT2D eigenvalue weighted by Crippen LogP contribution is 2.36. The second-order valence-electron chi connectivity index (χ2n) is 7.18. The van der Waals surface area contributed by atoms with Gasteiger partial charge in [-0.3, -0.25) is 9.80 Å². The van der Waals surface area contributed by atoms with Crippen LogP contribution < -0.4 is 0 Å². The smallest absolute Gasteiger partial charge is 0.378 e. The van der Waals surface area contributed by atoms with Gasteiger partial charge in [0.05, 0.1) is 25.9 Å². The Kier molecular flexibility index (Phi) is 6.85. The van der Waals surface area contributed by atoms with E-state index in [0.717, 1.165) is 0 Å². The first-order valence-corrected chi connectivity index (χ1v) is 8.77. The summed E-state index contributed by atoms with van der Waals surface area (Å²) < 4.78 is 90.8. The highest BCUT2D eigenvalue weighted by atomic mass is 19.4. The molecular formula is C16H26F6N2O2. The Labute approximate surface area is 149 Å². The van der Waals surface area contributed by atoms with Gasteiger partial charge in [0.25, 0.3) is 0 Å². The molecule has 2 heterocycles. The average Bonchev–Trinajstić information content (AvgIpc) is 2.52. The van der Waals surface area contributed by atoms with E-state index in [9.17, 15) is 26.3 Å². The lowest BCUT2D eigenvalue weighted by atomic mass is 9.96. The van der Waals surface area contributed by atoms with Crippen molar-refractivity contribution >= 4 is 0 Å². The van der Waals surface area contributed by atoms with Crippen molar-refractivity contribution < 1.29 is 35.8 Å². The summed E-state index contributed by atoms with van der Waals surface area (Å²) in [6, 6.07) is -4.67. The predicted molar refractivity (Wildman–Crippen MR) is 82.9 cm³/mol. The van der Waals surface area contributed by atoms with E-state index in [-0.39, 0.29) is 38.8 Å². The van der Waals surface area contributed by atoms with E-state index in [1.54, 1.807) is 13.8 Å². The summed E-state index contributed by atoms with van der Waals surface area (Å²) >= 11 is 0. The molecule has 0 amide bonds. The second-order valence-corrected chi connectivity index (χ2v) is 7.18. The fourth-order valence-corrected chi connectivity index (χ4v) is 3.83. The molecule has 26 heavy (non-hydrogen) atoms. The van der Waals surface area contributed by atoms with Gasteiger partial charge in [0.2, 0.25) is 0 Å². The van der Waals surface area contributed by atoms with Crippen LogP contribution in [0.15, 0.2) is 0 Å². The molecule has 0 bridgehead atoms. The molecule has 0 saturated carbocycles. The molecule has 2 fully saturated rings. The van der Waals surface area contributed by atoms with Gasteiger partial charge in [0.15, 0.2) is 0 Å². The van der Waals surface area contributed by atoms with Crippen LogP contribution in [0.3, 0.4) is 0 Å².